The predicted octanol–water partition coefficient (Wildman–Crippen LogP) is 3.89. The Labute approximate surface area is 167 Å². The van der Waals surface area contributed by atoms with E-state index in [1.54, 1.807) is 0 Å². The molecule has 1 aromatic carbocycles. The second-order valence-electron chi connectivity index (χ2n) is 8.67. The minimum atomic E-state index is -0.456. The van der Waals surface area contributed by atoms with Gasteiger partial charge in [-0.25, -0.2) is 4.79 Å². The Balaban J connectivity index is 1.53. The number of anilines is 2. The first-order valence-electron chi connectivity index (χ1n) is 10.3. The Hall–Kier alpha value is -2.50. The van der Waals surface area contributed by atoms with E-state index in [0.29, 0.717) is 13.1 Å². The van der Waals surface area contributed by atoms with Crippen molar-refractivity contribution >= 4 is 28.2 Å². The zero-order valence-corrected chi connectivity index (χ0v) is 17.1. The first-order chi connectivity index (χ1) is 13.4. The fourth-order valence-corrected chi connectivity index (χ4v) is 4.13. The van der Waals surface area contributed by atoms with E-state index < -0.39 is 5.60 Å². The third-order valence-corrected chi connectivity index (χ3v) is 5.49. The van der Waals surface area contributed by atoms with Crippen molar-refractivity contribution in [3.8, 4) is 0 Å². The van der Waals surface area contributed by atoms with E-state index in [-0.39, 0.29) is 6.09 Å². The smallest absolute Gasteiger partial charge is 0.410 e. The summed E-state index contributed by atoms with van der Waals surface area (Å²) in [6.45, 7) is 10.9. The number of rotatable bonds is 2. The molecular weight excluding hydrogens is 352 g/mol. The van der Waals surface area contributed by atoms with Crippen LogP contribution in [0.15, 0.2) is 30.6 Å². The molecule has 2 aromatic rings. The molecule has 2 fully saturated rings. The van der Waals surface area contributed by atoms with Crippen LogP contribution in [0.1, 0.15) is 33.6 Å². The number of carbonyl (C=O) groups is 1. The molecule has 6 nitrogen and oxygen atoms in total. The van der Waals surface area contributed by atoms with E-state index >= 15 is 0 Å². The zero-order valence-electron chi connectivity index (χ0n) is 17.1. The summed E-state index contributed by atoms with van der Waals surface area (Å²) in [4.78, 5) is 23.4. The molecule has 2 aliphatic rings. The highest BCUT2D eigenvalue weighted by Crippen LogP contribution is 2.35. The number of aromatic nitrogens is 1. The van der Waals surface area contributed by atoms with Crippen molar-refractivity contribution in [2.45, 2.75) is 39.2 Å². The lowest BCUT2D eigenvalue weighted by molar-refractivity contribution is 0.0241. The van der Waals surface area contributed by atoms with Gasteiger partial charge in [0.05, 0.1) is 0 Å². The second-order valence-corrected chi connectivity index (χ2v) is 8.67. The van der Waals surface area contributed by atoms with Crippen LogP contribution in [0.5, 0.6) is 0 Å². The molecule has 3 heterocycles. The average Bonchev–Trinajstić information content (AvgIpc) is 3.20. The van der Waals surface area contributed by atoms with Gasteiger partial charge in [-0.15, -0.1) is 0 Å². The number of piperazine rings is 1. The molecule has 2 aliphatic heterocycles. The first kappa shape index (κ1) is 18.8. The molecule has 0 spiro atoms. The van der Waals surface area contributed by atoms with E-state index in [1.807, 2.05) is 38.1 Å². The highest BCUT2D eigenvalue weighted by Gasteiger charge is 2.27. The van der Waals surface area contributed by atoms with Gasteiger partial charge < -0.3 is 19.4 Å². The van der Waals surface area contributed by atoms with Crippen molar-refractivity contribution in [1.82, 2.24) is 9.88 Å². The highest BCUT2D eigenvalue weighted by molar-refractivity contribution is 6.02. The number of nitrogens with zero attached hydrogens (tertiary/aromatic N) is 4. The van der Waals surface area contributed by atoms with Crippen molar-refractivity contribution in [2.24, 2.45) is 0 Å². The Morgan fingerprint density at radius 1 is 0.893 bits per heavy atom. The van der Waals surface area contributed by atoms with Crippen LogP contribution in [0.3, 0.4) is 0 Å². The Morgan fingerprint density at radius 3 is 2.14 bits per heavy atom. The second kappa shape index (κ2) is 7.49. The van der Waals surface area contributed by atoms with E-state index in [9.17, 15) is 4.79 Å². The van der Waals surface area contributed by atoms with Gasteiger partial charge >= 0.3 is 6.09 Å². The summed E-state index contributed by atoms with van der Waals surface area (Å²) < 4.78 is 5.52. The van der Waals surface area contributed by atoms with Gasteiger partial charge in [0.25, 0.3) is 0 Å². The van der Waals surface area contributed by atoms with Gasteiger partial charge in [-0.3, -0.25) is 4.98 Å². The van der Waals surface area contributed by atoms with Crippen molar-refractivity contribution in [3.05, 3.63) is 30.6 Å². The number of pyridine rings is 1. The molecule has 0 bridgehead atoms. The largest absolute Gasteiger partial charge is 0.444 e. The van der Waals surface area contributed by atoms with Crippen molar-refractivity contribution in [1.29, 1.82) is 0 Å². The quantitative estimate of drug-likeness (QED) is 0.789. The standard InChI is InChI=1S/C22H30N4O2/c1-22(2,3)28-21(27)26-14-12-25(13-15-26)19-6-7-20(24-10-4-5-11-24)18-16-23-9-8-17(18)19/h6-9,16H,4-5,10-15H2,1-3H3. The summed E-state index contributed by atoms with van der Waals surface area (Å²) in [5, 5.41) is 2.46. The lowest BCUT2D eigenvalue weighted by atomic mass is 10.1. The molecule has 0 unspecified atom stereocenters. The summed E-state index contributed by atoms with van der Waals surface area (Å²) in [5.74, 6) is 0. The maximum Gasteiger partial charge on any atom is 0.410 e. The molecule has 0 radical (unpaired) electrons. The van der Waals surface area contributed by atoms with Gasteiger partial charge in [0.15, 0.2) is 0 Å². The normalized spacial score (nSPS) is 18.0. The van der Waals surface area contributed by atoms with Crippen LogP contribution in [0.4, 0.5) is 16.2 Å². The van der Waals surface area contributed by atoms with Crippen LogP contribution in [-0.4, -0.2) is 60.8 Å². The van der Waals surface area contributed by atoms with Crippen LogP contribution in [-0.2, 0) is 4.74 Å². The molecule has 0 saturated carbocycles. The van der Waals surface area contributed by atoms with Crippen LogP contribution in [0.25, 0.3) is 10.8 Å². The Bertz CT molecular complexity index is 847. The van der Waals surface area contributed by atoms with Crippen molar-refractivity contribution in [2.75, 3.05) is 49.1 Å². The van der Waals surface area contributed by atoms with Crippen LogP contribution >= 0.6 is 0 Å². The number of fused-ring (bicyclic) bond motifs is 1. The van der Waals surface area contributed by atoms with Gasteiger partial charge in [0.2, 0.25) is 0 Å². The molecule has 4 rings (SSSR count). The summed E-state index contributed by atoms with van der Waals surface area (Å²) in [6, 6.07) is 6.59. The number of benzene rings is 1. The summed E-state index contributed by atoms with van der Waals surface area (Å²) in [6.07, 6.45) is 6.16. The molecule has 0 N–H and O–H groups in total. The molecule has 0 aliphatic carbocycles. The Kier molecular flexibility index (Phi) is 5.04. The minimum Gasteiger partial charge on any atom is -0.444 e. The number of hydrogen-bond donors (Lipinski definition) is 0. The molecule has 1 amide bonds. The average molecular weight is 383 g/mol. The maximum absolute atomic E-state index is 12.3. The third kappa shape index (κ3) is 3.86. The number of ether oxygens (including phenoxy) is 1. The molecule has 150 valence electrons. The summed E-state index contributed by atoms with van der Waals surface area (Å²) in [7, 11) is 0. The number of hydrogen-bond acceptors (Lipinski definition) is 5. The van der Waals surface area contributed by atoms with Crippen molar-refractivity contribution < 1.29 is 9.53 Å². The molecule has 2 saturated heterocycles. The van der Waals surface area contributed by atoms with Crippen molar-refractivity contribution in [3.63, 3.8) is 0 Å². The zero-order chi connectivity index (χ0) is 19.7. The van der Waals surface area contributed by atoms with E-state index in [1.165, 1.54) is 35.0 Å². The lowest BCUT2D eigenvalue weighted by Gasteiger charge is -2.37. The number of carbonyl (C=O) groups excluding carboxylic acids is 1. The minimum absolute atomic E-state index is 0.217. The van der Waals surface area contributed by atoms with Crippen LogP contribution in [0.2, 0.25) is 0 Å². The van der Waals surface area contributed by atoms with Gasteiger partial charge in [0, 0.05) is 73.8 Å². The van der Waals surface area contributed by atoms with Crippen LogP contribution < -0.4 is 9.80 Å². The molecule has 1 aromatic heterocycles. The van der Waals surface area contributed by atoms with E-state index in [0.717, 1.165) is 26.2 Å². The summed E-state index contributed by atoms with van der Waals surface area (Å²) >= 11 is 0. The van der Waals surface area contributed by atoms with E-state index in [2.05, 4.69) is 33.0 Å². The molecule has 6 heteroatoms. The SMILES string of the molecule is CC(C)(C)OC(=O)N1CCN(c2ccc(N3CCCC3)c3cnccc23)CC1. The van der Waals surface area contributed by atoms with E-state index in [4.69, 9.17) is 4.74 Å². The predicted molar refractivity (Wildman–Crippen MR) is 113 cm³/mol. The number of amides is 1. The van der Waals surface area contributed by atoms with Gasteiger partial charge in [-0.1, -0.05) is 0 Å². The summed E-state index contributed by atoms with van der Waals surface area (Å²) in [5.41, 5.74) is 2.06. The lowest BCUT2D eigenvalue weighted by Crippen LogP contribution is -2.50. The first-order valence-corrected chi connectivity index (χ1v) is 10.3. The molecule has 28 heavy (non-hydrogen) atoms. The monoisotopic (exact) mass is 382 g/mol. The topological polar surface area (TPSA) is 48.9 Å². The third-order valence-electron chi connectivity index (χ3n) is 5.49. The molecular formula is C22H30N4O2. The van der Waals surface area contributed by atoms with Gasteiger partial charge in [-0.05, 0) is 51.8 Å². The highest BCUT2D eigenvalue weighted by atomic mass is 16.6. The van der Waals surface area contributed by atoms with Gasteiger partial charge in [-0.2, -0.15) is 0 Å². The van der Waals surface area contributed by atoms with Gasteiger partial charge in [0.1, 0.15) is 5.60 Å². The Morgan fingerprint density at radius 2 is 1.50 bits per heavy atom. The maximum atomic E-state index is 12.3. The molecule has 0 atom stereocenters. The van der Waals surface area contributed by atoms with Crippen LogP contribution in [0, 0.1) is 0 Å². The fraction of sp³-hybridized carbons (Fsp3) is 0.545. The fourth-order valence-electron chi connectivity index (χ4n) is 4.13.